The lowest BCUT2D eigenvalue weighted by atomic mass is 10.1. The van der Waals surface area contributed by atoms with Gasteiger partial charge in [0.2, 0.25) is 0 Å². The SMILES string of the molecule is C[C@@H](Cc1ccc(Cl)cc1)N(C)Cc1nncn1C. The van der Waals surface area contributed by atoms with E-state index in [9.17, 15) is 0 Å². The van der Waals surface area contributed by atoms with E-state index in [0.29, 0.717) is 6.04 Å². The van der Waals surface area contributed by atoms with Crippen LogP contribution >= 0.6 is 11.6 Å². The van der Waals surface area contributed by atoms with Gasteiger partial charge in [-0.1, -0.05) is 23.7 Å². The van der Waals surface area contributed by atoms with Crippen LogP contribution in [0.15, 0.2) is 30.6 Å². The number of benzene rings is 1. The Labute approximate surface area is 119 Å². The minimum absolute atomic E-state index is 0.429. The Morgan fingerprint density at radius 2 is 2.00 bits per heavy atom. The molecule has 0 aliphatic carbocycles. The highest BCUT2D eigenvalue weighted by Gasteiger charge is 2.12. The zero-order valence-electron chi connectivity index (χ0n) is 11.5. The quantitative estimate of drug-likeness (QED) is 0.843. The van der Waals surface area contributed by atoms with Crippen molar-refractivity contribution in [3.05, 3.63) is 47.0 Å². The van der Waals surface area contributed by atoms with Gasteiger partial charge >= 0.3 is 0 Å². The molecular formula is C14H19ClN4. The van der Waals surface area contributed by atoms with Crippen LogP contribution < -0.4 is 0 Å². The van der Waals surface area contributed by atoms with Gasteiger partial charge in [0.1, 0.15) is 12.2 Å². The van der Waals surface area contributed by atoms with E-state index in [-0.39, 0.29) is 0 Å². The van der Waals surface area contributed by atoms with Crippen molar-refractivity contribution in [3.8, 4) is 0 Å². The number of nitrogens with zero attached hydrogens (tertiary/aromatic N) is 4. The van der Waals surface area contributed by atoms with Gasteiger partial charge in [-0.05, 0) is 38.1 Å². The lowest BCUT2D eigenvalue weighted by Gasteiger charge is -2.24. The van der Waals surface area contributed by atoms with Gasteiger partial charge in [0.05, 0.1) is 6.54 Å². The van der Waals surface area contributed by atoms with Crippen LogP contribution in [-0.4, -0.2) is 32.8 Å². The predicted octanol–water partition coefficient (Wildman–Crippen LogP) is 2.53. The van der Waals surface area contributed by atoms with Crippen molar-refractivity contribution in [2.45, 2.75) is 25.9 Å². The molecule has 2 aromatic rings. The van der Waals surface area contributed by atoms with E-state index < -0.39 is 0 Å². The molecule has 2 rings (SSSR count). The maximum Gasteiger partial charge on any atom is 0.146 e. The first kappa shape index (κ1) is 14.0. The zero-order chi connectivity index (χ0) is 13.8. The van der Waals surface area contributed by atoms with Crippen LogP contribution in [0, 0.1) is 0 Å². The first-order valence-electron chi connectivity index (χ1n) is 6.34. The molecule has 0 N–H and O–H groups in total. The van der Waals surface area contributed by atoms with Crippen molar-refractivity contribution in [2.24, 2.45) is 7.05 Å². The molecule has 0 saturated carbocycles. The molecule has 1 heterocycles. The topological polar surface area (TPSA) is 34.0 Å². The van der Waals surface area contributed by atoms with Crippen LogP contribution in [0.1, 0.15) is 18.3 Å². The van der Waals surface area contributed by atoms with Crippen LogP contribution in [0.3, 0.4) is 0 Å². The van der Waals surface area contributed by atoms with Crippen molar-refractivity contribution in [1.82, 2.24) is 19.7 Å². The molecule has 1 aromatic heterocycles. The van der Waals surface area contributed by atoms with E-state index in [1.165, 1.54) is 5.56 Å². The number of rotatable bonds is 5. The average molecular weight is 279 g/mol. The Balaban J connectivity index is 1.94. The minimum Gasteiger partial charge on any atom is -0.320 e. The molecule has 5 heteroatoms. The Morgan fingerprint density at radius 1 is 1.32 bits per heavy atom. The molecule has 4 nitrogen and oxygen atoms in total. The highest BCUT2D eigenvalue weighted by atomic mass is 35.5. The molecule has 0 unspecified atom stereocenters. The molecule has 0 aliphatic heterocycles. The minimum atomic E-state index is 0.429. The van der Waals surface area contributed by atoms with Crippen molar-refractivity contribution in [3.63, 3.8) is 0 Å². The van der Waals surface area contributed by atoms with E-state index in [1.54, 1.807) is 6.33 Å². The second-order valence-electron chi connectivity index (χ2n) is 4.95. The van der Waals surface area contributed by atoms with Gasteiger partial charge in [-0.25, -0.2) is 0 Å². The highest BCUT2D eigenvalue weighted by Crippen LogP contribution is 2.13. The van der Waals surface area contributed by atoms with Gasteiger partial charge in [0.15, 0.2) is 0 Å². The van der Waals surface area contributed by atoms with Crippen LogP contribution in [0.2, 0.25) is 5.02 Å². The summed E-state index contributed by atoms with van der Waals surface area (Å²) in [5, 5.41) is 8.79. The highest BCUT2D eigenvalue weighted by molar-refractivity contribution is 6.30. The molecule has 0 spiro atoms. The molecule has 0 bridgehead atoms. The van der Waals surface area contributed by atoms with E-state index in [0.717, 1.165) is 23.8 Å². The Morgan fingerprint density at radius 3 is 2.58 bits per heavy atom. The molecule has 102 valence electrons. The first-order chi connectivity index (χ1) is 9.06. The van der Waals surface area contributed by atoms with Crippen molar-refractivity contribution >= 4 is 11.6 Å². The number of hydrogen-bond donors (Lipinski definition) is 0. The molecular weight excluding hydrogens is 260 g/mol. The van der Waals surface area contributed by atoms with Crippen LogP contribution in [0.25, 0.3) is 0 Å². The summed E-state index contributed by atoms with van der Waals surface area (Å²) in [6.45, 7) is 3.01. The fourth-order valence-electron chi connectivity index (χ4n) is 1.95. The average Bonchev–Trinajstić information content (AvgIpc) is 2.78. The van der Waals surface area contributed by atoms with Gasteiger partial charge < -0.3 is 4.57 Å². The second-order valence-corrected chi connectivity index (χ2v) is 5.39. The molecule has 0 fully saturated rings. The van der Waals surface area contributed by atoms with Gasteiger partial charge in [0.25, 0.3) is 0 Å². The lowest BCUT2D eigenvalue weighted by Crippen LogP contribution is -2.31. The van der Waals surface area contributed by atoms with Crippen molar-refractivity contribution in [1.29, 1.82) is 0 Å². The Kier molecular flexibility index (Phi) is 4.56. The lowest BCUT2D eigenvalue weighted by molar-refractivity contribution is 0.239. The third kappa shape index (κ3) is 3.78. The van der Waals surface area contributed by atoms with Crippen molar-refractivity contribution in [2.75, 3.05) is 7.05 Å². The maximum atomic E-state index is 5.89. The van der Waals surface area contributed by atoms with E-state index in [2.05, 4.69) is 41.2 Å². The Hall–Kier alpha value is -1.39. The summed E-state index contributed by atoms with van der Waals surface area (Å²) in [4.78, 5) is 2.28. The zero-order valence-corrected chi connectivity index (χ0v) is 12.3. The summed E-state index contributed by atoms with van der Waals surface area (Å²) >= 11 is 5.89. The van der Waals surface area contributed by atoms with Crippen LogP contribution in [0.5, 0.6) is 0 Å². The number of likely N-dealkylation sites (N-methyl/N-ethyl adjacent to an activating group) is 1. The van der Waals surface area contributed by atoms with Gasteiger partial charge in [-0.3, -0.25) is 4.90 Å². The van der Waals surface area contributed by atoms with E-state index in [1.807, 2.05) is 23.7 Å². The smallest absolute Gasteiger partial charge is 0.146 e. The first-order valence-corrected chi connectivity index (χ1v) is 6.71. The fraction of sp³-hybridized carbons (Fsp3) is 0.429. The van der Waals surface area contributed by atoms with Crippen LogP contribution in [-0.2, 0) is 20.0 Å². The van der Waals surface area contributed by atoms with Gasteiger partial charge in [0, 0.05) is 18.1 Å². The molecule has 0 amide bonds. The molecule has 1 atom stereocenters. The third-order valence-electron chi connectivity index (χ3n) is 3.39. The summed E-state index contributed by atoms with van der Waals surface area (Å²) in [6.07, 6.45) is 2.72. The number of halogens is 1. The summed E-state index contributed by atoms with van der Waals surface area (Å²) in [7, 11) is 4.07. The second kappa shape index (κ2) is 6.17. The molecule has 1 aromatic carbocycles. The Bertz CT molecular complexity index is 520. The molecule has 0 saturated heterocycles. The van der Waals surface area contributed by atoms with E-state index >= 15 is 0 Å². The summed E-state index contributed by atoms with van der Waals surface area (Å²) in [5.41, 5.74) is 1.29. The monoisotopic (exact) mass is 278 g/mol. The fourth-order valence-corrected chi connectivity index (χ4v) is 2.07. The third-order valence-corrected chi connectivity index (χ3v) is 3.64. The standard InChI is InChI=1S/C14H19ClN4/c1-11(8-12-4-6-13(15)7-5-12)18(2)9-14-17-16-10-19(14)3/h4-7,10-11H,8-9H2,1-3H3/t11-/m0/s1. The molecule has 0 radical (unpaired) electrons. The molecule has 19 heavy (non-hydrogen) atoms. The predicted molar refractivity (Wildman–Crippen MR) is 77.1 cm³/mol. The van der Waals surface area contributed by atoms with Gasteiger partial charge in [-0.15, -0.1) is 10.2 Å². The van der Waals surface area contributed by atoms with E-state index in [4.69, 9.17) is 11.6 Å². The normalized spacial score (nSPS) is 12.9. The van der Waals surface area contributed by atoms with Crippen LogP contribution in [0.4, 0.5) is 0 Å². The maximum absolute atomic E-state index is 5.89. The summed E-state index contributed by atoms with van der Waals surface area (Å²) < 4.78 is 1.95. The van der Waals surface area contributed by atoms with Gasteiger partial charge in [-0.2, -0.15) is 0 Å². The summed E-state index contributed by atoms with van der Waals surface area (Å²) in [6, 6.07) is 8.46. The number of hydrogen-bond acceptors (Lipinski definition) is 3. The summed E-state index contributed by atoms with van der Waals surface area (Å²) in [5.74, 6) is 0.977. The van der Waals surface area contributed by atoms with Crippen molar-refractivity contribution < 1.29 is 0 Å². The number of aromatic nitrogens is 3. The number of aryl methyl sites for hydroxylation is 1. The molecule has 0 aliphatic rings. The largest absolute Gasteiger partial charge is 0.320 e.